The lowest BCUT2D eigenvalue weighted by atomic mass is 10.2. The van der Waals surface area contributed by atoms with E-state index in [0.29, 0.717) is 24.9 Å². The Kier molecular flexibility index (Phi) is 3.64. The molecule has 0 saturated heterocycles. The molecule has 0 aliphatic carbocycles. The molecule has 5 nitrogen and oxygen atoms in total. The summed E-state index contributed by atoms with van der Waals surface area (Å²) in [6.45, 7) is 0.357. The van der Waals surface area contributed by atoms with Gasteiger partial charge in [-0.2, -0.15) is 0 Å². The Balaban J connectivity index is 2.24. The van der Waals surface area contributed by atoms with Crippen LogP contribution in [0.4, 0.5) is 14.7 Å². The number of aryl methyl sites for hydroxylation is 1. The van der Waals surface area contributed by atoms with Gasteiger partial charge in [-0.15, -0.1) is 0 Å². The Hall–Kier alpha value is -2.18. The number of imidazole rings is 1. The summed E-state index contributed by atoms with van der Waals surface area (Å²) in [6.07, 6.45) is 1.39. The number of unbranched alkanes of at least 4 members (excludes halogenated alkanes) is 1. The summed E-state index contributed by atoms with van der Waals surface area (Å²) in [7, 11) is 0. The fraction of sp³-hybridized carbons (Fsp3) is 0.333. The average molecular weight is 268 g/mol. The number of carbonyl (C=O) groups is 1. The molecule has 0 saturated carbocycles. The summed E-state index contributed by atoms with van der Waals surface area (Å²) in [6, 6.07) is 2.39. The Labute approximate surface area is 108 Å². The van der Waals surface area contributed by atoms with Crippen molar-refractivity contribution < 1.29 is 13.6 Å². The number of nitrogen functional groups attached to an aromatic ring is 1. The standard InChI is InChI=1S/C12H14F2N4O/c13-7-4-5-8-11(10(7)14)18(12(16)17-8)6-2-1-3-9(15)19/h4-5H,1-3,6H2,(H2,15,19)(H2,16,17). The Morgan fingerprint density at radius 2 is 2.05 bits per heavy atom. The molecule has 0 fully saturated rings. The summed E-state index contributed by atoms with van der Waals surface area (Å²) in [4.78, 5) is 14.6. The number of rotatable bonds is 5. The molecule has 102 valence electrons. The van der Waals surface area contributed by atoms with Gasteiger partial charge in [0.1, 0.15) is 5.52 Å². The van der Waals surface area contributed by atoms with Crippen molar-refractivity contribution in [1.29, 1.82) is 0 Å². The van der Waals surface area contributed by atoms with E-state index in [9.17, 15) is 13.6 Å². The molecule has 2 rings (SSSR count). The molecule has 19 heavy (non-hydrogen) atoms. The third kappa shape index (κ3) is 2.64. The number of carbonyl (C=O) groups excluding carboxylic acids is 1. The van der Waals surface area contributed by atoms with Gasteiger partial charge in [0.15, 0.2) is 11.6 Å². The van der Waals surface area contributed by atoms with Gasteiger partial charge in [-0.05, 0) is 25.0 Å². The number of fused-ring (bicyclic) bond motifs is 1. The molecule has 1 amide bonds. The Bertz CT molecular complexity index is 624. The molecule has 0 aliphatic rings. The fourth-order valence-corrected chi connectivity index (χ4v) is 1.97. The maximum Gasteiger partial charge on any atom is 0.217 e. The minimum atomic E-state index is -0.961. The zero-order valence-corrected chi connectivity index (χ0v) is 10.2. The average Bonchev–Trinajstić information content (AvgIpc) is 2.66. The highest BCUT2D eigenvalue weighted by Crippen LogP contribution is 2.23. The maximum absolute atomic E-state index is 13.7. The zero-order valence-electron chi connectivity index (χ0n) is 10.2. The van der Waals surface area contributed by atoms with E-state index in [2.05, 4.69) is 4.98 Å². The first kappa shape index (κ1) is 13.3. The van der Waals surface area contributed by atoms with Crippen molar-refractivity contribution >= 4 is 22.9 Å². The van der Waals surface area contributed by atoms with Gasteiger partial charge >= 0.3 is 0 Å². The van der Waals surface area contributed by atoms with Crippen LogP contribution in [-0.2, 0) is 11.3 Å². The van der Waals surface area contributed by atoms with E-state index in [1.807, 2.05) is 0 Å². The number of primary amides is 1. The summed E-state index contributed by atoms with van der Waals surface area (Å²) in [5.41, 5.74) is 11.1. The molecule has 0 unspecified atom stereocenters. The van der Waals surface area contributed by atoms with Gasteiger partial charge in [0.2, 0.25) is 11.9 Å². The third-order valence-electron chi connectivity index (χ3n) is 2.88. The molecule has 2 aromatic rings. The second kappa shape index (κ2) is 5.21. The highest BCUT2D eigenvalue weighted by Gasteiger charge is 2.15. The van der Waals surface area contributed by atoms with Crippen LogP contribution in [0.15, 0.2) is 12.1 Å². The fourth-order valence-electron chi connectivity index (χ4n) is 1.97. The number of hydrogen-bond acceptors (Lipinski definition) is 3. The Morgan fingerprint density at radius 3 is 2.74 bits per heavy atom. The normalized spacial score (nSPS) is 11.1. The van der Waals surface area contributed by atoms with Crippen LogP contribution in [0.5, 0.6) is 0 Å². The lowest BCUT2D eigenvalue weighted by molar-refractivity contribution is -0.118. The van der Waals surface area contributed by atoms with Gasteiger partial charge in [-0.1, -0.05) is 0 Å². The van der Waals surface area contributed by atoms with Crippen molar-refractivity contribution in [2.45, 2.75) is 25.8 Å². The molecule has 0 bridgehead atoms. The number of benzene rings is 1. The highest BCUT2D eigenvalue weighted by atomic mass is 19.2. The minimum Gasteiger partial charge on any atom is -0.370 e. The van der Waals surface area contributed by atoms with Crippen molar-refractivity contribution in [1.82, 2.24) is 9.55 Å². The van der Waals surface area contributed by atoms with Crippen LogP contribution in [0.25, 0.3) is 11.0 Å². The molecule has 1 aromatic heterocycles. The number of amides is 1. The second-order valence-electron chi connectivity index (χ2n) is 4.27. The second-order valence-corrected chi connectivity index (χ2v) is 4.27. The van der Waals surface area contributed by atoms with Gasteiger partial charge in [0.25, 0.3) is 0 Å². The molecule has 0 atom stereocenters. The van der Waals surface area contributed by atoms with Crippen LogP contribution in [0, 0.1) is 11.6 Å². The van der Waals surface area contributed by atoms with Crippen molar-refractivity contribution in [2.75, 3.05) is 5.73 Å². The molecule has 1 heterocycles. The van der Waals surface area contributed by atoms with Crippen LogP contribution >= 0.6 is 0 Å². The predicted octanol–water partition coefficient (Wildman–Crippen LogP) is 1.55. The first-order valence-electron chi connectivity index (χ1n) is 5.88. The molecule has 0 radical (unpaired) electrons. The van der Waals surface area contributed by atoms with Crippen molar-refractivity contribution in [2.24, 2.45) is 5.73 Å². The van der Waals surface area contributed by atoms with Crippen LogP contribution in [-0.4, -0.2) is 15.5 Å². The van der Waals surface area contributed by atoms with E-state index in [4.69, 9.17) is 11.5 Å². The highest BCUT2D eigenvalue weighted by molar-refractivity contribution is 5.79. The van der Waals surface area contributed by atoms with E-state index < -0.39 is 11.6 Å². The summed E-state index contributed by atoms with van der Waals surface area (Å²) < 4.78 is 28.4. The summed E-state index contributed by atoms with van der Waals surface area (Å²) >= 11 is 0. The van der Waals surface area contributed by atoms with Gasteiger partial charge in [0.05, 0.1) is 5.52 Å². The van der Waals surface area contributed by atoms with E-state index in [0.717, 1.165) is 6.07 Å². The van der Waals surface area contributed by atoms with E-state index in [-0.39, 0.29) is 23.8 Å². The first-order chi connectivity index (χ1) is 9.00. The number of nitrogens with zero attached hydrogens (tertiary/aromatic N) is 2. The zero-order chi connectivity index (χ0) is 14.0. The summed E-state index contributed by atoms with van der Waals surface area (Å²) in [5.74, 6) is -2.17. The number of anilines is 1. The van der Waals surface area contributed by atoms with Crippen molar-refractivity contribution in [3.8, 4) is 0 Å². The monoisotopic (exact) mass is 268 g/mol. The molecular formula is C12H14F2N4O. The van der Waals surface area contributed by atoms with Crippen molar-refractivity contribution in [3.05, 3.63) is 23.8 Å². The van der Waals surface area contributed by atoms with Gasteiger partial charge in [-0.3, -0.25) is 4.79 Å². The predicted molar refractivity (Wildman–Crippen MR) is 67.1 cm³/mol. The SMILES string of the molecule is NC(=O)CCCCn1c(N)nc2ccc(F)c(F)c21. The quantitative estimate of drug-likeness (QED) is 0.806. The van der Waals surface area contributed by atoms with Gasteiger partial charge < -0.3 is 16.0 Å². The van der Waals surface area contributed by atoms with E-state index >= 15 is 0 Å². The number of hydrogen-bond donors (Lipinski definition) is 2. The van der Waals surface area contributed by atoms with Gasteiger partial charge in [-0.25, -0.2) is 13.8 Å². The maximum atomic E-state index is 13.7. The number of halogens is 2. The van der Waals surface area contributed by atoms with Gasteiger partial charge in [0, 0.05) is 13.0 Å². The van der Waals surface area contributed by atoms with Crippen LogP contribution in [0.3, 0.4) is 0 Å². The first-order valence-corrected chi connectivity index (χ1v) is 5.88. The van der Waals surface area contributed by atoms with Crippen LogP contribution in [0.2, 0.25) is 0 Å². The lowest BCUT2D eigenvalue weighted by Gasteiger charge is -2.06. The smallest absolute Gasteiger partial charge is 0.217 e. The van der Waals surface area contributed by atoms with Crippen LogP contribution < -0.4 is 11.5 Å². The lowest BCUT2D eigenvalue weighted by Crippen LogP contribution is -2.11. The van der Waals surface area contributed by atoms with E-state index in [1.165, 1.54) is 10.6 Å². The topological polar surface area (TPSA) is 86.9 Å². The molecule has 0 spiro atoms. The van der Waals surface area contributed by atoms with Crippen molar-refractivity contribution in [3.63, 3.8) is 0 Å². The Morgan fingerprint density at radius 1 is 1.32 bits per heavy atom. The minimum absolute atomic E-state index is 0.0524. The van der Waals surface area contributed by atoms with Crippen LogP contribution in [0.1, 0.15) is 19.3 Å². The molecule has 4 N–H and O–H groups in total. The molecular weight excluding hydrogens is 254 g/mol. The number of nitrogens with two attached hydrogens (primary N) is 2. The molecule has 7 heteroatoms. The van der Waals surface area contributed by atoms with E-state index in [1.54, 1.807) is 0 Å². The molecule has 0 aliphatic heterocycles. The summed E-state index contributed by atoms with van der Waals surface area (Å²) in [5, 5.41) is 0. The third-order valence-corrected chi connectivity index (χ3v) is 2.88. The number of aromatic nitrogens is 2. The largest absolute Gasteiger partial charge is 0.370 e. The molecule has 1 aromatic carbocycles.